The highest BCUT2D eigenvalue weighted by molar-refractivity contribution is 7.93. The number of rotatable bonds is 7. The number of sulfonamides is 1. The summed E-state index contributed by atoms with van der Waals surface area (Å²) in [6.45, 7) is 12.3. The first-order valence-electron chi connectivity index (χ1n) is 11.9. The molecular formula is C25H40N2O6S. The van der Waals surface area contributed by atoms with E-state index in [1.54, 1.807) is 59.7 Å². The van der Waals surface area contributed by atoms with Gasteiger partial charge in [0.15, 0.2) is 0 Å². The fourth-order valence-corrected chi connectivity index (χ4v) is 5.39. The first kappa shape index (κ1) is 28.0. The second kappa shape index (κ2) is 11.0. The summed E-state index contributed by atoms with van der Waals surface area (Å²) in [5.74, 6) is -0.592. The predicted octanol–water partition coefficient (Wildman–Crippen LogP) is 4.85. The normalized spacial score (nSPS) is 16.4. The summed E-state index contributed by atoms with van der Waals surface area (Å²) in [6.07, 6.45) is 3.62. The summed E-state index contributed by atoms with van der Waals surface area (Å²) in [4.78, 5) is 25.3. The van der Waals surface area contributed by atoms with E-state index in [9.17, 15) is 18.0 Å². The fourth-order valence-electron chi connectivity index (χ4n) is 3.81. The molecule has 192 valence electrons. The smallest absolute Gasteiger partial charge is 0.408 e. The highest BCUT2D eigenvalue weighted by Gasteiger charge is 2.30. The molecule has 2 N–H and O–H groups in total. The Morgan fingerprint density at radius 2 is 1.59 bits per heavy atom. The van der Waals surface area contributed by atoms with E-state index in [2.05, 4.69) is 10.0 Å². The monoisotopic (exact) mass is 496 g/mol. The molecule has 2 rings (SSSR count). The number of hydrogen-bond donors (Lipinski definition) is 2. The third-order valence-corrected chi connectivity index (χ3v) is 7.28. The van der Waals surface area contributed by atoms with Crippen LogP contribution in [0.1, 0.15) is 84.8 Å². The summed E-state index contributed by atoms with van der Waals surface area (Å²) in [6, 6.07) is 4.22. The van der Waals surface area contributed by atoms with Gasteiger partial charge >= 0.3 is 12.1 Å². The van der Waals surface area contributed by atoms with Crippen LogP contribution >= 0.6 is 0 Å². The van der Waals surface area contributed by atoms with Crippen LogP contribution in [0.5, 0.6) is 0 Å². The summed E-state index contributed by atoms with van der Waals surface area (Å²) in [5.41, 5.74) is 0.551. The van der Waals surface area contributed by atoms with Gasteiger partial charge in [0, 0.05) is 12.1 Å². The molecule has 1 saturated carbocycles. The van der Waals surface area contributed by atoms with Gasteiger partial charge < -0.3 is 14.8 Å². The van der Waals surface area contributed by atoms with Gasteiger partial charge in [-0.2, -0.15) is 0 Å². The van der Waals surface area contributed by atoms with Gasteiger partial charge in [0.25, 0.3) is 0 Å². The Morgan fingerprint density at radius 3 is 2.15 bits per heavy atom. The predicted molar refractivity (Wildman–Crippen MR) is 133 cm³/mol. The maximum Gasteiger partial charge on any atom is 0.408 e. The number of aryl methyl sites for hydroxylation is 1. The molecule has 1 amide bonds. The molecule has 1 aliphatic rings. The number of ether oxygens (including phenoxy) is 2. The molecular weight excluding hydrogens is 456 g/mol. The Balaban J connectivity index is 2.25. The maximum absolute atomic E-state index is 12.9. The first-order valence-corrected chi connectivity index (χ1v) is 13.4. The maximum atomic E-state index is 12.9. The zero-order chi connectivity index (χ0) is 25.7. The number of amides is 1. The molecule has 1 atom stereocenters. The molecule has 0 saturated heterocycles. The Hall–Kier alpha value is -2.29. The van der Waals surface area contributed by atoms with Gasteiger partial charge in [0.2, 0.25) is 10.0 Å². The van der Waals surface area contributed by atoms with E-state index < -0.39 is 44.6 Å². The summed E-state index contributed by atoms with van der Waals surface area (Å²) < 4.78 is 39.3. The van der Waals surface area contributed by atoms with Gasteiger partial charge in [0.05, 0.1) is 5.25 Å². The van der Waals surface area contributed by atoms with Crippen molar-refractivity contribution < 1.29 is 27.5 Å². The van der Waals surface area contributed by atoms with E-state index in [-0.39, 0.29) is 6.42 Å². The van der Waals surface area contributed by atoms with Crippen molar-refractivity contribution in [2.45, 2.75) is 109 Å². The zero-order valence-corrected chi connectivity index (χ0v) is 22.3. The van der Waals surface area contributed by atoms with Crippen LogP contribution < -0.4 is 10.0 Å². The molecule has 0 unspecified atom stereocenters. The molecule has 8 nitrogen and oxygen atoms in total. The van der Waals surface area contributed by atoms with Crippen LogP contribution in [-0.4, -0.2) is 43.0 Å². The van der Waals surface area contributed by atoms with E-state index in [0.717, 1.165) is 30.4 Å². The van der Waals surface area contributed by atoms with Gasteiger partial charge in [-0.05, 0) is 84.6 Å². The summed E-state index contributed by atoms with van der Waals surface area (Å²) >= 11 is 0. The van der Waals surface area contributed by atoms with E-state index >= 15 is 0 Å². The minimum absolute atomic E-state index is 0.124. The van der Waals surface area contributed by atoms with E-state index in [1.807, 2.05) is 6.92 Å². The number of anilines is 1. The SMILES string of the molecule is Cc1ccc(NS(=O)(=O)C2CCCCC2)cc1C[C@H](NC(=O)OC(C)(C)C)C(=O)OC(C)(C)C. The van der Waals surface area contributed by atoms with Crippen LogP contribution in [0.3, 0.4) is 0 Å². The molecule has 0 aromatic heterocycles. The average Bonchev–Trinajstić information content (AvgIpc) is 2.67. The average molecular weight is 497 g/mol. The van der Waals surface area contributed by atoms with Crippen LogP contribution in [0.15, 0.2) is 18.2 Å². The number of esters is 1. The second-order valence-electron chi connectivity index (χ2n) is 11.0. The van der Waals surface area contributed by atoms with Crippen LogP contribution in [0.2, 0.25) is 0 Å². The lowest BCUT2D eigenvalue weighted by atomic mass is 10.00. The molecule has 0 bridgehead atoms. The first-order chi connectivity index (χ1) is 15.6. The largest absolute Gasteiger partial charge is 0.458 e. The van der Waals surface area contributed by atoms with Crippen molar-refractivity contribution in [2.75, 3.05) is 4.72 Å². The highest BCUT2D eigenvalue weighted by atomic mass is 32.2. The summed E-state index contributed by atoms with van der Waals surface area (Å²) in [5, 5.41) is 2.22. The highest BCUT2D eigenvalue weighted by Crippen LogP contribution is 2.26. The Kier molecular flexibility index (Phi) is 9.02. The number of benzene rings is 1. The third-order valence-electron chi connectivity index (χ3n) is 5.41. The Morgan fingerprint density at radius 1 is 1.00 bits per heavy atom. The van der Waals surface area contributed by atoms with E-state index in [4.69, 9.17) is 9.47 Å². The van der Waals surface area contributed by atoms with Crippen molar-refractivity contribution in [1.82, 2.24) is 5.32 Å². The minimum atomic E-state index is -3.51. The molecule has 0 radical (unpaired) electrons. The van der Waals surface area contributed by atoms with Crippen molar-refractivity contribution in [3.8, 4) is 0 Å². The molecule has 0 aliphatic heterocycles. The van der Waals surface area contributed by atoms with Gasteiger partial charge in [-0.25, -0.2) is 18.0 Å². The quantitative estimate of drug-likeness (QED) is 0.522. The van der Waals surface area contributed by atoms with Crippen LogP contribution in [0, 0.1) is 6.92 Å². The molecule has 34 heavy (non-hydrogen) atoms. The second-order valence-corrected chi connectivity index (χ2v) is 12.9. The molecule has 1 fully saturated rings. The van der Waals surface area contributed by atoms with Crippen molar-refractivity contribution in [1.29, 1.82) is 0 Å². The number of carbonyl (C=O) groups is 2. The number of nitrogens with one attached hydrogen (secondary N) is 2. The Labute approximate surface area is 204 Å². The van der Waals surface area contributed by atoms with Crippen molar-refractivity contribution in [3.63, 3.8) is 0 Å². The van der Waals surface area contributed by atoms with Crippen LogP contribution in [0.25, 0.3) is 0 Å². The van der Waals surface area contributed by atoms with Crippen LogP contribution in [0.4, 0.5) is 10.5 Å². The lowest BCUT2D eigenvalue weighted by molar-refractivity contribution is -0.157. The molecule has 0 heterocycles. The molecule has 9 heteroatoms. The standard InChI is InChI=1S/C25H40N2O6S/c1-17-13-14-19(27-34(30,31)20-11-9-8-10-12-20)15-18(17)16-21(22(28)32-24(2,3)4)26-23(29)33-25(5,6)7/h13-15,20-21,27H,8-12,16H2,1-7H3,(H,26,29)/t21-/m0/s1. The number of alkyl carbamates (subject to hydrolysis) is 1. The summed E-state index contributed by atoms with van der Waals surface area (Å²) in [7, 11) is -3.51. The van der Waals surface area contributed by atoms with Crippen molar-refractivity contribution >= 4 is 27.8 Å². The number of carbonyl (C=O) groups excluding carboxylic acids is 2. The van der Waals surface area contributed by atoms with Crippen molar-refractivity contribution in [2.24, 2.45) is 0 Å². The van der Waals surface area contributed by atoms with Gasteiger partial charge in [-0.3, -0.25) is 4.72 Å². The van der Waals surface area contributed by atoms with Crippen molar-refractivity contribution in [3.05, 3.63) is 29.3 Å². The molecule has 1 aliphatic carbocycles. The van der Waals surface area contributed by atoms with Crippen LogP contribution in [-0.2, 0) is 30.7 Å². The van der Waals surface area contributed by atoms with E-state index in [0.29, 0.717) is 18.5 Å². The third kappa shape index (κ3) is 9.16. The van der Waals surface area contributed by atoms with Gasteiger partial charge in [-0.15, -0.1) is 0 Å². The number of hydrogen-bond acceptors (Lipinski definition) is 6. The lowest BCUT2D eigenvalue weighted by Gasteiger charge is -2.27. The van der Waals surface area contributed by atoms with Gasteiger partial charge in [0.1, 0.15) is 17.2 Å². The lowest BCUT2D eigenvalue weighted by Crippen LogP contribution is -2.47. The molecule has 1 aromatic rings. The molecule has 0 spiro atoms. The fraction of sp³-hybridized carbons (Fsp3) is 0.680. The van der Waals surface area contributed by atoms with Gasteiger partial charge in [-0.1, -0.05) is 25.3 Å². The topological polar surface area (TPSA) is 111 Å². The molecule has 1 aromatic carbocycles. The Bertz CT molecular complexity index is 970. The zero-order valence-electron chi connectivity index (χ0n) is 21.5. The minimum Gasteiger partial charge on any atom is -0.458 e. The van der Waals surface area contributed by atoms with E-state index in [1.165, 1.54) is 0 Å².